The lowest BCUT2D eigenvalue weighted by atomic mass is 10.1. The first-order chi connectivity index (χ1) is 15.0. The van der Waals surface area contributed by atoms with Gasteiger partial charge in [-0.2, -0.15) is 0 Å². The number of esters is 1. The normalized spacial score (nSPS) is 14.9. The standard InChI is InChI=1S/C23H22INO5S/c1-2-29-21(26)15-30-19-11-10-17(13-18(19)24)14-20-22(27)25(23(28)31-20)12-6-9-16-7-4-3-5-8-16/h3-5,7-8,10-11,13-14H,2,6,9,12,15H2,1H3/b20-14+. The summed E-state index contributed by atoms with van der Waals surface area (Å²) in [6.07, 6.45) is 3.24. The van der Waals surface area contributed by atoms with E-state index in [0.29, 0.717) is 23.8 Å². The number of thioether (sulfide) groups is 1. The predicted octanol–water partition coefficient (Wildman–Crippen LogP) is 4.90. The quantitative estimate of drug-likeness (QED) is 0.251. The highest BCUT2D eigenvalue weighted by atomic mass is 127. The van der Waals surface area contributed by atoms with Crippen molar-refractivity contribution in [2.75, 3.05) is 19.8 Å². The van der Waals surface area contributed by atoms with Crippen LogP contribution in [0, 0.1) is 3.57 Å². The topological polar surface area (TPSA) is 72.9 Å². The molecule has 0 radical (unpaired) electrons. The monoisotopic (exact) mass is 551 g/mol. The molecule has 8 heteroatoms. The van der Waals surface area contributed by atoms with Gasteiger partial charge in [-0.15, -0.1) is 0 Å². The van der Waals surface area contributed by atoms with E-state index in [1.54, 1.807) is 25.1 Å². The van der Waals surface area contributed by atoms with Crippen LogP contribution in [0.4, 0.5) is 4.79 Å². The lowest BCUT2D eigenvalue weighted by Gasteiger charge is -2.12. The fraction of sp³-hybridized carbons (Fsp3) is 0.261. The number of carbonyl (C=O) groups is 3. The number of amides is 2. The van der Waals surface area contributed by atoms with Crippen molar-refractivity contribution >= 4 is 57.5 Å². The van der Waals surface area contributed by atoms with E-state index in [9.17, 15) is 14.4 Å². The zero-order chi connectivity index (χ0) is 22.2. The Labute approximate surface area is 199 Å². The second-order valence-electron chi connectivity index (χ2n) is 6.71. The highest BCUT2D eigenvalue weighted by molar-refractivity contribution is 14.1. The van der Waals surface area contributed by atoms with Crippen LogP contribution in [0.3, 0.4) is 0 Å². The first kappa shape index (κ1) is 23.3. The fourth-order valence-electron chi connectivity index (χ4n) is 2.99. The molecule has 0 unspecified atom stereocenters. The highest BCUT2D eigenvalue weighted by Crippen LogP contribution is 2.33. The van der Waals surface area contributed by atoms with E-state index in [4.69, 9.17) is 9.47 Å². The molecular formula is C23H22INO5S. The van der Waals surface area contributed by atoms with E-state index < -0.39 is 5.97 Å². The lowest BCUT2D eigenvalue weighted by Crippen LogP contribution is -2.29. The van der Waals surface area contributed by atoms with Crippen molar-refractivity contribution in [2.45, 2.75) is 19.8 Å². The highest BCUT2D eigenvalue weighted by Gasteiger charge is 2.34. The Kier molecular flexibility index (Phi) is 8.53. The van der Waals surface area contributed by atoms with Crippen molar-refractivity contribution in [3.8, 4) is 5.75 Å². The van der Waals surface area contributed by atoms with Gasteiger partial charge in [0.2, 0.25) is 0 Å². The summed E-state index contributed by atoms with van der Waals surface area (Å²) in [5.74, 6) is -0.135. The number of halogens is 1. The van der Waals surface area contributed by atoms with Crippen LogP contribution in [0.2, 0.25) is 0 Å². The van der Waals surface area contributed by atoms with Crippen LogP contribution in [0.15, 0.2) is 53.4 Å². The second-order valence-corrected chi connectivity index (χ2v) is 8.86. The third kappa shape index (κ3) is 6.57. The molecule has 1 fully saturated rings. The van der Waals surface area contributed by atoms with Gasteiger partial charge in [0.25, 0.3) is 11.1 Å². The molecule has 1 aliphatic heterocycles. The Morgan fingerprint density at radius 2 is 1.94 bits per heavy atom. The number of aryl methyl sites for hydroxylation is 1. The third-order valence-electron chi connectivity index (χ3n) is 4.47. The smallest absolute Gasteiger partial charge is 0.344 e. The maximum absolute atomic E-state index is 12.7. The third-order valence-corrected chi connectivity index (χ3v) is 6.22. The van der Waals surface area contributed by atoms with Crippen LogP contribution in [-0.2, 0) is 20.7 Å². The van der Waals surface area contributed by atoms with Crippen LogP contribution in [0.5, 0.6) is 5.75 Å². The van der Waals surface area contributed by atoms with E-state index in [1.165, 1.54) is 10.5 Å². The largest absolute Gasteiger partial charge is 0.481 e. The summed E-state index contributed by atoms with van der Waals surface area (Å²) in [7, 11) is 0. The van der Waals surface area contributed by atoms with Gasteiger partial charge in [-0.05, 0) is 83.5 Å². The minimum atomic E-state index is -0.427. The van der Waals surface area contributed by atoms with E-state index >= 15 is 0 Å². The Bertz CT molecular complexity index is 993. The minimum absolute atomic E-state index is 0.162. The van der Waals surface area contributed by atoms with E-state index in [-0.39, 0.29) is 17.8 Å². The molecule has 162 valence electrons. The van der Waals surface area contributed by atoms with E-state index in [2.05, 4.69) is 22.6 Å². The number of ether oxygens (including phenoxy) is 2. The average molecular weight is 551 g/mol. The maximum atomic E-state index is 12.7. The second kappa shape index (κ2) is 11.3. The molecule has 1 saturated heterocycles. The number of carbonyl (C=O) groups excluding carboxylic acids is 3. The molecule has 2 amide bonds. The van der Waals surface area contributed by atoms with Gasteiger partial charge < -0.3 is 9.47 Å². The molecule has 3 rings (SSSR count). The van der Waals surface area contributed by atoms with Gasteiger partial charge in [0.1, 0.15) is 5.75 Å². The number of benzene rings is 2. The van der Waals surface area contributed by atoms with E-state index in [0.717, 1.165) is 33.7 Å². The van der Waals surface area contributed by atoms with Gasteiger partial charge in [0.05, 0.1) is 15.1 Å². The van der Waals surface area contributed by atoms with Crippen LogP contribution < -0.4 is 4.74 Å². The van der Waals surface area contributed by atoms with Crippen LogP contribution in [0.1, 0.15) is 24.5 Å². The Morgan fingerprint density at radius 3 is 2.65 bits per heavy atom. The van der Waals surface area contributed by atoms with Gasteiger partial charge in [0.15, 0.2) is 6.61 Å². The van der Waals surface area contributed by atoms with Crippen molar-refractivity contribution in [2.24, 2.45) is 0 Å². The Balaban J connectivity index is 1.60. The summed E-state index contributed by atoms with van der Waals surface area (Å²) in [5, 5.41) is -0.242. The Morgan fingerprint density at radius 1 is 1.16 bits per heavy atom. The first-order valence-corrected chi connectivity index (χ1v) is 11.7. The molecule has 0 aliphatic carbocycles. The number of hydrogen-bond donors (Lipinski definition) is 0. The summed E-state index contributed by atoms with van der Waals surface area (Å²) in [6.45, 7) is 2.28. The summed E-state index contributed by atoms with van der Waals surface area (Å²) in [6, 6.07) is 15.3. The molecular weight excluding hydrogens is 529 g/mol. The zero-order valence-corrected chi connectivity index (χ0v) is 20.0. The predicted molar refractivity (Wildman–Crippen MR) is 129 cm³/mol. The van der Waals surface area contributed by atoms with Gasteiger partial charge in [0, 0.05) is 6.54 Å². The first-order valence-electron chi connectivity index (χ1n) is 9.85. The molecule has 1 aliphatic rings. The summed E-state index contributed by atoms with van der Waals surface area (Å²) >= 11 is 3.06. The summed E-state index contributed by atoms with van der Waals surface area (Å²) < 4.78 is 11.1. The molecule has 31 heavy (non-hydrogen) atoms. The van der Waals surface area contributed by atoms with Gasteiger partial charge in [-0.1, -0.05) is 36.4 Å². The van der Waals surface area contributed by atoms with Crippen molar-refractivity contribution in [3.63, 3.8) is 0 Å². The molecule has 2 aromatic rings. The lowest BCUT2D eigenvalue weighted by molar-refractivity contribution is -0.145. The summed E-state index contributed by atoms with van der Waals surface area (Å²) in [4.78, 5) is 38.2. The average Bonchev–Trinajstić information content (AvgIpc) is 3.01. The maximum Gasteiger partial charge on any atom is 0.344 e. The number of rotatable bonds is 9. The Hall–Kier alpha value is -2.33. The van der Waals surface area contributed by atoms with Crippen molar-refractivity contribution in [1.82, 2.24) is 4.90 Å². The fourth-order valence-corrected chi connectivity index (χ4v) is 4.55. The van der Waals surface area contributed by atoms with Gasteiger partial charge in [-0.3, -0.25) is 14.5 Å². The van der Waals surface area contributed by atoms with Gasteiger partial charge in [-0.25, -0.2) is 4.79 Å². The molecule has 0 N–H and O–H groups in total. The molecule has 0 bridgehead atoms. The molecule has 0 aromatic heterocycles. The SMILES string of the molecule is CCOC(=O)COc1ccc(/C=C2/SC(=O)N(CCCc3ccccc3)C2=O)cc1I. The molecule has 0 spiro atoms. The van der Waals surface area contributed by atoms with Crippen LogP contribution >= 0.6 is 34.4 Å². The van der Waals surface area contributed by atoms with Crippen molar-refractivity contribution in [1.29, 1.82) is 0 Å². The summed E-state index contributed by atoms with van der Waals surface area (Å²) in [5.41, 5.74) is 1.97. The molecule has 6 nitrogen and oxygen atoms in total. The zero-order valence-electron chi connectivity index (χ0n) is 17.0. The van der Waals surface area contributed by atoms with Crippen LogP contribution in [-0.4, -0.2) is 41.8 Å². The van der Waals surface area contributed by atoms with Crippen molar-refractivity contribution in [3.05, 3.63) is 68.1 Å². The number of imide groups is 1. The molecule has 0 saturated carbocycles. The van der Waals surface area contributed by atoms with Gasteiger partial charge >= 0.3 is 5.97 Å². The number of nitrogens with zero attached hydrogens (tertiary/aromatic N) is 1. The molecule has 2 aromatic carbocycles. The van der Waals surface area contributed by atoms with E-state index in [1.807, 2.05) is 36.4 Å². The number of hydrogen-bond acceptors (Lipinski definition) is 6. The van der Waals surface area contributed by atoms with Crippen LogP contribution in [0.25, 0.3) is 6.08 Å². The van der Waals surface area contributed by atoms with Crippen molar-refractivity contribution < 1.29 is 23.9 Å². The molecule has 0 atom stereocenters. The minimum Gasteiger partial charge on any atom is -0.481 e. The molecule has 1 heterocycles.